The Kier molecular flexibility index (Phi) is 7.38. The second kappa shape index (κ2) is 10.3. The number of piperidine rings is 1. The van der Waals surface area contributed by atoms with Crippen molar-refractivity contribution in [3.05, 3.63) is 46.3 Å². The van der Waals surface area contributed by atoms with Gasteiger partial charge in [-0.2, -0.15) is 0 Å². The van der Waals surface area contributed by atoms with Crippen LogP contribution in [-0.4, -0.2) is 44.6 Å². The summed E-state index contributed by atoms with van der Waals surface area (Å²) in [6.45, 7) is 8.23. The third-order valence-corrected chi connectivity index (χ3v) is 7.93. The van der Waals surface area contributed by atoms with E-state index < -0.39 is 4.92 Å². The number of H-pyrrole nitrogens is 1. The summed E-state index contributed by atoms with van der Waals surface area (Å²) >= 11 is 0. The minimum absolute atomic E-state index is 0.0113. The summed E-state index contributed by atoms with van der Waals surface area (Å²) in [7, 11) is 0. The fourth-order valence-corrected chi connectivity index (χ4v) is 5.87. The van der Waals surface area contributed by atoms with E-state index in [0.29, 0.717) is 30.1 Å². The summed E-state index contributed by atoms with van der Waals surface area (Å²) in [5.74, 6) is 1.76. The third kappa shape index (κ3) is 5.80. The molecule has 1 saturated heterocycles. The van der Waals surface area contributed by atoms with Crippen LogP contribution < -0.4 is 0 Å². The highest BCUT2D eigenvalue weighted by Crippen LogP contribution is 2.53. The zero-order valence-corrected chi connectivity index (χ0v) is 21.0. The van der Waals surface area contributed by atoms with Gasteiger partial charge in [0.15, 0.2) is 0 Å². The lowest BCUT2D eigenvalue weighted by molar-refractivity contribution is -0.384. The van der Waals surface area contributed by atoms with E-state index in [1.54, 1.807) is 18.3 Å². The summed E-state index contributed by atoms with van der Waals surface area (Å²) in [5, 5.41) is 11.1. The quantitative estimate of drug-likeness (QED) is 0.392. The number of hydrogen-bond acceptors (Lipinski definition) is 5. The Labute approximate surface area is 206 Å². The van der Waals surface area contributed by atoms with Crippen LogP contribution in [0.25, 0.3) is 11.4 Å². The number of carbonyl (C=O) groups excluding carboxylic acids is 2. The van der Waals surface area contributed by atoms with Crippen molar-refractivity contribution >= 4 is 17.4 Å². The summed E-state index contributed by atoms with van der Waals surface area (Å²) < 4.78 is 0. The molecule has 188 valence electrons. The summed E-state index contributed by atoms with van der Waals surface area (Å²) in [5.41, 5.74) is 1.76. The normalized spacial score (nSPS) is 23.5. The van der Waals surface area contributed by atoms with Crippen molar-refractivity contribution in [1.82, 2.24) is 14.9 Å². The number of non-ortho nitro benzene ring substituents is 1. The number of nitrogens with zero attached hydrogens (tertiary/aromatic N) is 3. The van der Waals surface area contributed by atoms with Gasteiger partial charge in [0.25, 0.3) is 5.69 Å². The summed E-state index contributed by atoms with van der Waals surface area (Å²) in [4.78, 5) is 45.9. The van der Waals surface area contributed by atoms with Gasteiger partial charge in [0.05, 0.1) is 4.92 Å². The first-order valence-electron chi connectivity index (χ1n) is 12.7. The molecule has 4 rings (SSSR count). The van der Waals surface area contributed by atoms with Crippen molar-refractivity contribution in [2.24, 2.45) is 23.2 Å². The lowest BCUT2D eigenvalue weighted by Gasteiger charge is -2.51. The van der Waals surface area contributed by atoms with Gasteiger partial charge in [-0.25, -0.2) is 4.98 Å². The Balaban J connectivity index is 1.31. The van der Waals surface area contributed by atoms with Crippen LogP contribution in [0.4, 0.5) is 5.69 Å². The molecule has 1 N–H and O–H groups in total. The molecule has 35 heavy (non-hydrogen) atoms. The van der Waals surface area contributed by atoms with Crippen LogP contribution in [0, 0.1) is 33.3 Å². The highest BCUT2D eigenvalue weighted by atomic mass is 16.6. The lowest BCUT2D eigenvalue weighted by atomic mass is 9.53. The number of nitro benzene ring substituents is 1. The topological polar surface area (TPSA) is 109 Å². The lowest BCUT2D eigenvalue weighted by Crippen LogP contribution is -2.48. The van der Waals surface area contributed by atoms with Crippen LogP contribution in [0.15, 0.2) is 30.5 Å². The number of nitro groups is 1. The predicted octanol–water partition coefficient (Wildman–Crippen LogP) is 5.19. The molecular formula is C27H36N4O4. The van der Waals surface area contributed by atoms with E-state index in [1.165, 1.54) is 18.6 Å². The smallest absolute Gasteiger partial charge is 0.270 e. The molecule has 0 bridgehead atoms. The molecule has 2 aromatic rings. The number of rotatable bonds is 9. The molecule has 8 heteroatoms. The number of imidazole rings is 1. The van der Waals surface area contributed by atoms with Gasteiger partial charge in [-0.15, -0.1) is 0 Å². The van der Waals surface area contributed by atoms with Crippen LogP contribution in [0.1, 0.15) is 65.0 Å². The van der Waals surface area contributed by atoms with Crippen molar-refractivity contribution in [3.63, 3.8) is 0 Å². The van der Waals surface area contributed by atoms with Gasteiger partial charge in [0.2, 0.25) is 5.91 Å². The number of nitrogens with one attached hydrogen (secondary N) is 1. The first-order chi connectivity index (χ1) is 16.6. The zero-order valence-electron chi connectivity index (χ0n) is 21.0. The summed E-state index contributed by atoms with van der Waals surface area (Å²) in [6, 6.07) is 6.42. The Morgan fingerprint density at radius 1 is 1.29 bits per heavy atom. The number of hydrogen-bond donors (Lipinski definition) is 1. The van der Waals surface area contributed by atoms with Gasteiger partial charge in [-0.1, -0.05) is 32.9 Å². The van der Waals surface area contributed by atoms with Crippen molar-refractivity contribution in [1.29, 1.82) is 0 Å². The van der Waals surface area contributed by atoms with Crippen molar-refractivity contribution in [3.8, 4) is 11.4 Å². The molecule has 0 spiro atoms. The number of amides is 1. The number of ketones is 1. The number of Topliss-reactive ketones (excluding diaryl/α,β-unsaturated/α-hetero) is 1. The van der Waals surface area contributed by atoms with Crippen molar-refractivity contribution in [2.75, 3.05) is 13.1 Å². The SMILES string of the molecule is CC1CCCN(C(=O)CCC(=O)[C@H]2CC(C)(C)[C@@H]2CCc2cnc(-c3cccc([N+](=O)[O-])c3)[nH]2)C1. The fourth-order valence-electron chi connectivity index (χ4n) is 5.87. The largest absolute Gasteiger partial charge is 0.342 e. The van der Waals surface area contributed by atoms with Crippen molar-refractivity contribution in [2.45, 2.75) is 65.7 Å². The maximum Gasteiger partial charge on any atom is 0.270 e. The molecule has 1 aromatic carbocycles. The Morgan fingerprint density at radius 3 is 2.80 bits per heavy atom. The molecule has 1 aliphatic heterocycles. The highest BCUT2D eigenvalue weighted by Gasteiger charge is 2.49. The Hall–Kier alpha value is -3.03. The standard InChI is InChI=1S/C27H36N4O4/c1-18-6-5-13-30(17-18)25(33)12-11-24(32)22-15-27(2,3)23(22)10-9-20-16-28-26(29-20)19-7-4-8-21(14-19)31(34)35/h4,7-8,14,16,18,22-23H,5-6,9-13,15,17H2,1-3H3,(H,28,29)/t18?,22-,23+/m0/s1. The molecule has 8 nitrogen and oxygen atoms in total. The highest BCUT2D eigenvalue weighted by molar-refractivity contribution is 5.87. The van der Waals surface area contributed by atoms with Gasteiger partial charge >= 0.3 is 0 Å². The van der Waals surface area contributed by atoms with Crippen LogP contribution >= 0.6 is 0 Å². The number of likely N-dealkylation sites (tertiary alicyclic amines) is 1. The number of carbonyl (C=O) groups is 2. The first-order valence-corrected chi connectivity index (χ1v) is 12.7. The molecule has 2 aliphatic rings. The monoisotopic (exact) mass is 480 g/mol. The minimum Gasteiger partial charge on any atom is -0.342 e. The van der Waals surface area contributed by atoms with Crippen LogP contribution in [0.3, 0.4) is 0 Å². The average Bonchev–Trinajstić information content (AvgIpc) is 3.30. The van der Waals surface area contributed by atoms with E-state index in [1.807, 2.05) is 4.90 Å². The van der Waals surface area contributed by atoms with Gasteiger partial charge in [-0.3, -0.25) is 19.7 Å². The Morgan fingerprint density at radius 2 is 2.09 bits per heavy atom. The van der Waals surface area contributed by atoms with E-state index in [-0.39, 0.29) is 34.6 Å². The van der Waals surface area contributed by atoms with Crippen LogP contribution in [0.5, 0.6) is 0 Å². The molecule has 3 atom stereocenters. The second-order valence-electron chi connectivity index (χ2n) is 11.1. The number of aromatic nitrogens is 2. The third-order valence-electron chi connectivity index (χ3n) is 7.93. The van der Waals surface area contributed by atoms with E-state index in [9.17, 15) is 19.7 Å². The van der Waals surface area contributed by atoms with Gasteiger partial charge in [0, 0.05) is 61.4 Å². The molecule has 1 aliphatic carbocycles. The maximum absolute atomic E-state index is 13.0. The maximum atomic E-state index is 13.0. The van der Waals surface area contributed by atoms with E-state index in [0.717, 1.165) is 44.5 Å². The number of aryl methyl sites for hydroxylation is 1. The molecule has 1 saturated carbocycles. The van der Waals surface area contributed by atoms with E-state index in [2.05, 4.69) is 30.7 Å². The second-order valence-corrected chi connectivity index (χ2v) is 11.1. The van der Waals surface area contributed by atoms with E-state index in [4.69, 9.17) is 0 Å². The Bertz CT molecular complexity index is 1090. The molecule has 1 unspecified atom stereocenters. The molecule has 0 radical (unpaired) electrons. The van der Waals surface area contributed by atoms with E-state index >= 15 is 0 Å². The number of aromatic amines is 1. The molecule has 1 aromatic heterocycles. The van der Waals surface area contributed by atoms with Gasteiger partial charge < -0.3 is 9.88 Å². The minimum atomic E-state index is -0.413. The zero-order chi connectivity index (χ0) is 25.2. The number of benzene rings is 1. The molecular weight excluding hydrogens is 444 g/mol. The van der Waals surface area contributed by atoms with Crippen LogP contribution in [-0.2, 0) is 16.0 Å². The molecule has 2 heterocycles. The molecule has 1 amide bonds. The average molecular weight is 481 g/mol. The fraction of sp³-hybridized carbons (Fsp3) is 0.593. The van der Waals surface area contributed by atoms with Crippen molar-refractivity contribution < 1.29 is 14.5 Å². The first kappa shape index (κ1) is 25.1. The summed E-state index contributed by atoms with van der Waals surface area (Å²) in [6.07, 6.45) is 7.13. The predicted molar refractivity (Wildman–Crippen MR) is 134 cm³/mol. The van der Waals surface area contributed by atoms with Crippen LogP contribution in [0.2, 0.25) is 0 Å². The van der Waals surface area contributed by atoms with Gasteiger partial charge in [-0.05, 0) is 49.4 Å². The molecule has 2 fully saturated rings. The van der Waals surface area contributed by atoms with Gasteiger partial charge in [0.1, 0.15) is 11.6 Å².